The first-order valence-corrected chi connectivity index (χ1v) is 12.5. The van der Waals surface area contributed by atoms with Crippen molar-refractivity contribution < 1.29 is 28.5 Å². The van der Waals surface area contributed by atoms with Crippen LogP contribution in [0.4, 0.5) is 0 Å². The quantitative estimate of drug-likeness (QED) is 0.402. The van der Waals surface area contributed by atoms with Gasteiger partial charge in [0.2, 0.25) is 23.0 Å². The molecule has 3 heterocycles. The fourth-order valence-corrected chi connectivity index (χ4v) is 5.63. The van der Waals surface area contributed by atoms with Crippen LogP contribution in [0.3, 0.4) is 0 Å². The number of methoxy groups -OCH3 is 2. The Hall–Kier alpha value is -2.97. The van der Waals surface area contributed by atoms with Crippen molar-refractivity contribution in [3.05, 3.63) is 51.8 Å². The number of benzene rings is 1. The number of fused-ring (bicyclic) bond motifs is 1. The van der Waals surface area contributed by atoms with E-state index in [2.05, 4.69) is 9.88 Å². The molecule has 0 radical (unpaired) electrons. The maximum Gasteiger partial charge on any atom is 0.236 e. The van der Waals surface area contributed by atoms with E-state index in [1.807, 2.05) is 6.92 Å². The van der Waals surface area contributed by atoms with Crippen molar-refractivity contribution in [2.45, 2.75) is 37.9 Å². The van der Waals surface area contributed by atoms with Gasteiger partial charge in [0.1, 0.15) is 33.3 Å². The molecule has 1 aromatic heterocycles. The molecule has 1 aliphatic carbocycles. The van der Waals surface area contributed by atoms with Crippen molar-refractivity contribution in [1.82, 2.24) is 9.88 Å². The molecule has 0 N–H and O–H groups in total. The average molecular weight is 533 g/mol. The Morgan fingerprint density at radius 1 is 1.11 bits per heavy atom. The molecule has 0 amide bonds. The van der Waals surface area contributed by atoms with Crippen LogP contribution in [0.2, 0.25) is 10.2 Å². The number of halogens is 2. The molecule has 2 aliphatic heterocycles. The summed E-state index contributed by atoms with van der Waals surface area (Å²) in [6, 6.07) is 6.83. The Labute approximate surface area is 219 Å². The molecule has 10 heteroatoms. The van der Waals surface area contributed by atoms with Crippen molar-refractivity contribution in [3.63, 3.8) is 0 Å². The fraction of sp³-hybridized carbons (Fsp3) is 0.423. The molecule has 0 bridgehead atoms. The molecule has 5 rings (SSSR count). The van der Waals surface area contributed by atoms with Crippen LogP contribution >= 0.6 is 23.2 Å². The summed E-state index contributed by atoms with van der Waals surface area (Å²) in [6.07, 6.45) is 3.60. The standard InChI is InChI=1S/C26H26Cl2N2O6/c1-14-11-15(30-9-7-16(8-10-30)35-21-6-4-5-20(27)29-21)12-19(31)26(14)25(32)22-17(33-2)13-18(34-3)23(28)24(22)36-26/h4-6,12-14,16H,7-11H2,1-3H3/t14-,26+/m1/s1. The van der Waals surface area contributed by atoms with Crippen molar-refractivity contribution in [1.29, 1.82) is 0 Å². The van der Waals surface area contributed by atoms with Gasteiger partial charge in [0.25, 0.3) is 0 Å². The number of hydrogen-bond acceptors (Lipinski definition) is 8. The van der Waals surface area contributed by atoms with E-state index < -0.39 is 23.1 Å². The summed E-state index contributed by atoms with van der Waals surface area (Å²) in [6.45, 7) is 3.29. The van der Waals surface area contributed by atoms with Crippen LogP contribution in [-0.4, -0.2) is 60.5 Å². The van der Waals surface area contributed by atoms with Crippen molar-refractivity contribution >= 4 is 34.8 Å². The van der Waals surface area contributed by atoms with E-state index in [1.165, 1.54) is 20.3 Å². The number of aromatic nitrogens is 1. The number of ether oxygens (including phenoxy) is 4. The fourth-order valence-electron chi connectivity index (χ4n) is 5.21. The Balaban J connectivity index is 1.34. The molecule has 2 aromatic rings. The first-order chi connectivity index (χ1) is 17.3. The molecule has 0 unspecified atom stereocenters. The zero-order valence-corrected chi connectivity index (χ0v) is 21.7. The Morgan fingerprint density at radius 3 is 2.47 bits per heavy atom. The van der Waals surface area contributed by atoms with Crippen LogP contribution in [0.1, 0.15) is 36.5 Å². The van der Waals surface area contributed by atoms with Crippen LogP contribution in [-0.2, 0) is 4.79 Å². The van der Waals surface area contributed by atoms with Gasteiger partial charge in [-0.2, -0.15) is 0 Å². The predicted octanol–water partition coefficient (Wildman–Crippen LogP) is 4.76. The van der Waals surface area contributed by atoms with Gasteiger partial charge in [-0.05, 0) is 12.5 Å². The summed E-state index contributed by atoms with van der Waals surface area (Å²) in [5.41, 5.74) is -0.609. The SMILES string of the molecule is COc1cc(OC)c2c(c1Cl)O[C@@]1(C(=O)C=C(N3CCC(Oc4cccc(Cl)n4)CC3)C[C@H]1C)C2=O. The van der Waals surface area contributed by atoms with E-state index in [-0.39, 0.29) is 28.2 Å². The molecule has 190 valence electrons. The average Bonchev–Trinajstić information content (AvgIpc) is 3.18. The number of likely N-dealkylation sites (tertiary alicyclic amines) is 1. The zero-order chi connectivity index (χ0) is 25.6. The zero-order valence-electron chi connectivity index (χ0n) is 20.2. The summed E-state index contributed by atoms with van der Waals surface area (Å²) in [4.78, 5) is 33.6. The lowest BCUT2D eigenvalue weighted by atomic mass is 9.74. The Bertz CT molecular complexity index is 1260. The van der Waals surface area contributed by atoms with E-state index >= 15 is 0 Å². The Morgan fingerprint density at radius 2 is 1.83 bits per heavy atom. The largest absolute Gasteiger partial charge is 0.496 e. The van der Waals surface area contributed by atoms with Crippen LogP contribution < -0.4 is 18.9 Å². The molecule has 1 aromatic carbocycles. The number of nitrogens with zero attached hydrogens (tertiary/aromatic N) is 2. The third-order valence-corrected chi connectivity index (χ3v) is 7.69. The number of carbonyl (C=O) groups is 2. The van der Waals surface area contributed by atoms with Crippen LogP contribution in [0.25, 0.3) is 0 Å². The summed E-state index contributed by atoms with van der Waals surface area (Å²) in [7, 11) is 2.91. The first-order valence-electron chi connectivity index (χ1n) is 11.8. The summed E-state index contributed by atoms with van der Waals surface area (Å²) in [5.74, 6) is -0.0417. The highest BCUT2D eigenvalue weighted by atomic mass is 35.5. The molecular weight excluding hydrogens is 507 g/mol. The lowest BCUT2D eigenvalue weighted by molar-refractivity contribution is -0.129. The highest BCUT2D eigenvalue weighted by molar-refractivity contribution is 6.36. The predicted molar refractivity (Wildman–Crippen MR) is 134 cm³/mol. The smallest absolute Gasteiger partial charge is 0.236 e. The Kier molecular flexibility index (Phi) is 6.51. The monoisotopic (exact) mass is 532 g/mol. The third kappa shape index (κ3) is 3.96. The van der Waals surface area contributed by atoms with Gasteiger partial charge in [0.05, 0.1) is 14.2 Å². The topological polar surface area (TPSA) is 87.2 Å². The maximum atomic E-state index is 13.6. The van der Waals surface area contributed by atoms with Crippen LogP contribution in [0.15, 0.2) is 36.0 Å². The van der Waals surface area contributed by atoms with Gasteiger partial charge in [-0.1, -0.05) is 36.2 Å². The number of allylic oxidation sites excluding steroid dienone is 1. The summed E-state index contributed by atoms with van der Waals surface area (Å²) >= 11 is 12.4. The van der Waals surface area contributed by atoms with E-state index in [4.69, 9.17) is 42.1 Å². The van der Waals surface area contributed by atoms with Gasteiger partial charge in [-0.3, -0.25) is 9.59 Å². The van der Waals surface area contributed by atoms with Crippen molar-refractivity contribution in [2.75, 3.05) is 27.3 Å². The number of carbonyl (C=O) groups excluding carboxylic acids is 2. The second-order valence-corrected chi connectivity index (χ2v) is 9.94. The van der Waals surface area contributed by atoms with Gasteiger partial charge < -0.3 is 23.8 Å². The summed E-state index contributed by atoms with van der Waals surface area (Å²) in [5, 5.41) is 0.534. The normalized spacial score (nSPS) is 23.9. The number of Topliss-reactive ketones (excluding diaryl/α,β-unsaturated/α-hetero) is 1. The molecule has 8 nitrogen and oxygen atoms in total. The number of rotatable bonds is 5. The van der Waals surface area contributed by atoms with Gasteiger partial charge in [0, 0.05) is 55.8 Å². The summed E-state index contributed by atoms with van der Waals surface area (Å²) < 4.78 is 22.8. The van der Waals surface area contributed by atoms with Crippen molar-refractivity contribution in [2.24, 2.45) is 5.92 Å². The lowest BCUT2D eigenvalue weighted by Crippen LogP contribution is -2.56. The molecule has 0 saturated carbocycles. The minimum Gasteiger partial charge on any atom is -0.496 e. The highest BCUT2D eigenvalue weighted by Gasteiger charge is 2.60. The molecule has 2 atom stereocenters. The maximum absolute atomic E-state index is 13.6. The van der Waals surface area contributed by atoms with Gasteiger partial charge in [-0.15, -0.1) is 0 Å². The number of ketones is 2. The van der Waals surface area contributed by atoms with Gasteiger partial charge >= 0.3 is 0 Å². The minimum absolute atomic E-state index is 0.00899. The number of hydrogen-bond donors (Lipinski definition) is 0. The third-order valence-electron chi connectivity index (χ3n) is 7.12. The molecular formula is C26H26Cl2N2O6. The van der Waals surface area contributed by atoms with Crippen molar-refractivity contribution in [3.8, 4) is 23.1 Å². The van der Waals surface area contributed by atoms with Crippen LogP contribution in [0.5, 0.6) is 23.1 Å². The second-order valence-electron chi connectivity index (χ2n) is 9.17. The van der Waals surface area contributed by atoms with E-state index in [1.54, 1.807) is 24.3 Å². The first kappa shape index (κ1) is 24.7. The molecule has 1 spiro atoms. The molecule has 36 heavy (non-hydrogen) atoms. The number of piperidine rings is 1. The highest BCUT2D eigenvalue weighted by Crippen LogP contribution is 2.53. The second kappa shape index (κ2) is 9.48. The van der Waals surface area contributed by atoms with E-state index in [0.29, 0.717) is 23.2 Å². The lowest BCUT2D eigenvalue weighted by Gasteiger charge is -2.41. The number of pyridine rings is 1. The van der Waals surface area contributed by atoms with E-state index in [0.717, 1.165) is 31.6 Å². The van der Waals surface area contributed by atoms with Gasteiger partial charge in [-0.25, -0.2) is 4.98 Å². The van der Waals surface area contributed by atoms with E-state index in [9.17, 15) is 9.59 Å². The van der Waals surface area contributed by atoms with Gasteiger partial charge in [0.15, 0.2) is 5.75 Å². The molecule has 1 saturated heterocycles. The molecule has 1 fully saturated rings. The van der Waals surface area contributed by atoms with Crippen LogP contribution in [0, 0.1) is 5.92 Å². The minimum atomic E-state index is -1.67. The molecule has 3 aliphatic rings.